The first-order chi connectivity index (χ1) is 9.08. The molecule has 0 bridgehead atoms. The van der Waals surface area contributed by atoms with E-state index in [1.165, 1.54) is 12.1 Å². The Morgan fingerprint density at radius 2 is 1.70 bits per heavy atom. The number of hydrogen-bond donors (Lipinski definition) is 0. The third-order valence-corrected chi connectivity index (χ3v) is 3.17. The summed E-state index contributed by atoms with van der Waals surface area (Å²) in [7, 11) is 0. The highest BCUT2D eigenvalue weighted by atomic mass is 19.4. The van der Waals surface area contributed by atoms with Crippen LogP contribution in [-0.4, -0.2) is 11.6 Å². The van der Waals surface area contributed by atoms with Crippen LogP contribution in [0.1, 0.15) is 44.2 Å². The van der Waals surface area contributed by atoms with Gasteiger partial charge in [-0.25, -0.2) is 0 Å². The van der Waals surface area contributed by atoms with Gasteiger partial charge in [-0.05, 0) is 50.8 Å². The fraction of sp³-hybridized carbons (Fsp3) is 0.533. The van der Waals surface area contributed by atoms with Gasteiger partial charge in [-0.15, -0.1) is 0 Å². The van der Waals surface area contributed by atoms with Crippen LogP contribution in [0, 0.1) is 5.92 Å². The van der Waals surface area contributed by atoms with E-state index in [0.29, 0.717) is 6.42 Å². The van der Waals surface area contributed by atoms with Gasteiger partial charge < -0.3 is 4.74 Å². The van der Waals surface area contributed by atoms with Gasteiger partial charge in [0.2, 0.25) is 0 Å². The number of rotatable bonds is 2. The molecule has 2 atom stereocenters. The quantitative estimate of drug-likeness (QED) is 0.763. The second-order valence-corrected chi connectivity index (χ2v) is 6.10. The molecule has 20 heavy (non-hydrogen) atoms. The van der Waals surface area contributed by atoms with Crippen molar-refractivity contribution < 1.29 is 22.7 Å². The molecule has 0 heterocycles. The second kappa shape index (κ2) is 4.79. The van der Waals surface area contributed by atoms with Crippen molar-refractivity contribution in [3.05, 3.63) is 35.4 Å². The molecule has 0 aromatic heterocycles. The molecule has 0 N–H and O–H groups in total. The number of carbonyl (C=O) groups excluding carboxylic acids is 1. The van der Waals surface area contributed by atoms with Crippen molar-refractivity contribution in [2.24, 2.45) is 5.92 Å². The number of hydrogen-bond acceptors (Lipinski definition) is 2. The van der Waals surface area contributed by atoms with Crippen LogP contribution in [0.15, 0.2) is 24.3 Å². The molecule has 0 unspecified atom stereocenters. The van der Waals surface area contributed by atoms with Crippen LogP contribution >= 0.6 is 0 Å². The summed E-state index contributed by atoms with van der Waals surface area (Å²) in [6.07, 6.45) is -3.69. The van der Waals surface area contributed by atoms with Crippen LogP contribution in [0.4, 0.5) is 13.2 Å². The van der Waals surface area contributed by atoms with Gasteiger partial charge in [0, 0.05) is 0 Å². The minimum atomic E-state index is -4.33. The Labute approximate surface area is 115 Å². The fourth-order valence-electron chi connectivity index (χ4n) is 2.12. The van der Waals surface area contributed by atoms with E-state index in [-0.39, 0.29) is 17.8 Å². The summed E-state index contributed by atoms with van der Waals surface area (Å²) in [5.41, 5.74) is -0.450. The molecular formula is C15H17F3O2. The van der Waals surface area contributed by atoms with E-state index in [1.807, 2.05) is 0 Å². The summed E-state index contributed by atoms with van der Waals surface area (Å²) in [5, 5.41) is 0. The first-order valence-electron chi connectivity index (χ1n) is 6.48. The molecule has 5 heteroatoms. The van der Waals surface area contributed by atoms with Crippen molar-refractivity contribution in [2.45, 2.75) is 44.9 Å². The SMILES string of the molecule is CC(C)(C)OC(=O)[C@H]1C[C@@H]1c1ccc(C(F)(F)F)cc1. The molecule has 0 saturated heterocycles. The Hall–Kier alpha value is -1.52. The predicted octanol–water partition coefficient (Wildman–Crippen LogP) is 4.15. The molecule has 2 rings (SSSR count). The third kappa shape index (κ3) is 3.52. The Morgan fingerprint density at radius 1 is 1.15 bits per heavy atom. The standard InChI is InChI=1S/C15H17F3O2/c1-14(2,3)20-13(19)12-8-11(12)9-4-6-10(7-5-9)15(16,17)18/h4-7,11-12H,8H2,1-3H3/t11-,12+/m1/s1. The van der Waals surface area contributed by atoms with Crippen molar-refractivity contribution in [3.63, 3.8) is 0 Å². The highest BCUT2D eigenvalue weighted by molar-refractivity contribution is 5.77. The van der Waals surface area contributed by atoms with Gasteiger partial charge in [0.05, 0.1) is 11.5 Å². The van der Waals surface area contributed by atoms with E-state index in [4.69, 9.17) is 4.74 Å². The van der Waals surface area contributed by atoms with Crippen molar-refractivity contribution in [2.75, 3.05) is 0 Å². The van der Waals surface area contributed by atoms with Gasteiger partial charge in [0.25, 0.3) is 0 Å². The summed E-state index contributed by atoms with van der Waals surface area (Å²) in [6.45, 7) is 5.38. The largest absolute Gasteiger partial charge is 0.460 e. The summed E-state index contributed by atoms with van der Waals surface area (Å²) in [4.78, 5) is 11.8. The van der Waals surface area contributed by atoms with Crippen LogP contribution in [0.3, 0.4) is 0 Å². The lowest BCUT2D eigenvalue weighted by Gasteiger charge is -2.19. The maximum Gasteiger partial charge on any atom is 0.416 e. The maximum absolute atomic E-state index is 12.5. The molecule has 1 saturated carbocycles. The lowest BCUT2D eigenvalue weighted by atomic mass is 10.1. The topological polar surface area (TPSA) is 26.3 Å². The number of carbonyl (C=O) groups is 1. The lowest BCUT2D eigenvalue weighted by Crippen LogP contribution is -2.25. The number of esters is 1. The number of halogens is 3. The van der Waals surface area contributed by atoms with Crippen molar-refractivity contribution >= 4 is 5.97 Å². The fourth-order valence-corrected chi connectivity index (χ4v) is 2.12. The zero-order valence-electron chi connectivity index (χ0n) is 11.6. The molecule has 0 aliphatic heterocycles. The number of alkyl halides is 3. The van der Waals surface area contributed by atoms with Crippen molar-refractivity contribution in [1.29, 1.82) is 0 Å². The van der Waals surface area contributed by atoms with Crippen molar-refractivity contribution in [1.82, 2.24) is 0 Å². The summed E-state index contributed by atoms with van der Waals surface area (Å²) in [6, 6.07) is 5.00. The van der Waals surface area contributed by atoms with Gasteiger partial charge in [-0.2, -0.15) is 13.2 Å². The first kappa shape index (κ1) is 14.9. The highest BCUT2D eigenvalue weighted by Gasteiger charge is 2.46. The van der Waals surface area contributed by atoms with E-state index >= 15 is 0 Å². The average Bonchev–Trinajstić information content (AvgIpc) is 3.05. The Balaban J connectivity index is 2.00. The number of benzene rings is 1. The highest BCUT2D eigenvalue weighted by Crippen LogP contribution is 2.49. The molecule has 1 aliphatic rings. The minimum Gasteiger partial charge on any atom is -0.460 e. The molecule has 2 nitrogen and oxygen atoms in total. The molecule has 0 spiro atoms. The Bertz CT molecular complexity index is 497. The normalized spacial score (nSPS) is 22.5. The van der Waals surface area contributed by atoms with E-state index in [2.05, 4.69) is 0 Å². The Morgan fingerprint density at radius 3 is 2.15 bits per heavy atom. The van der Waals surface area contributed by atoms with Gasteiger partial charge in [0.15, 0.2) is 0 Å². The summed E-state index contributed by atoms with van der Waals surface area (Å²) >= 11 is 0. The average molecular weight is 286 g/mol. The molecule has 1 fully saturated rings. The van der Waals surface area contributed by atoms with E-state index < -0.39 is 17.3 Å². The van der Waals surface area contributed by atoms with Crippen molar-refractivity contribution in [3.8, 4) is 0 Å². The van der Waals surface area contributed by atoms with E-state index in [1.54, 1.807) is 20.8 Å². The monoisotopic (exact) mass is 286 g/mol. The molecule has 1 aromatic rings. The molecule has 110 valence electrons. The first-order valence-corrected chi connectivity index (χ1v) is 6.48. The van der Waals surface area contributed by atoms with E-state index in [0.717, 1.165) is 17.7 Å². The zero-order chi connectivity index (χ0) is 15.1. The summed E-state index contributed by atoms with van der Waals surface area (Å²) < 4.78 is 42.6. The number of ether oxygens (including phenoxy) is 1. The molecular weight excluding hydrogens is 269 g/mol. The van der Waals surface area contributed by atoms with Crippen LogP contribution in [-0.2, 0) is 15.7 Å². The molecule has 0 amide bonds. The predicted molar refractivity (Wildman–Crippen MR) is 68.1 cm³/mol. The summed E-state index contributed by atoms with van der Waals surface area (Å²) in [5.74, 6) is -0.527. The van der Waals surface area contributed by atoms with Crippen LogP contribution in [0.2, 0.25) is 0 Å². The lowest BCUT2D eigenvalue weighted by molar-refractivity contribution is -0.156. The minimum absolute atomic E-state index is 0.0212. The van der Waals surface area contributed by atoms with Gasteiger partial charge in [0.1, 0.15) is 5.60 Å². The van der Waals surface area contributed by atoms with Gasteiger partial charge in [-0.3, -0.25) is 4.79 Å². The van der Waals surface area contributed by atoms with Gasteiger partial charge >= 0.3 is 12.1 Å². The van der Waals surface area contributed by atoms with E-state index in [9.17, 15) is 18.0 Å². The maximum atomic E-state index is 12.5. The molecule has 0 radical (unpaired) electrons. The Kier molecular flexibility index (Phi) is 3.56. The second-order valence-electron chi connectivity index (χ2n) is 6.10. The third-order valence-electron chi connectivity index (χ3n) is 3.17. The molecule has 1 aromatic carbocycles. The van der Waals surface area contributed by atoms with Crippen LogP contribution < -0.4 is 0 Å². The van der Waals surface area contributed by atoms with Crippen LogP contribution in [0.25, 0.3) is 0 Å². The zero-order valence-corrected chi connectivity index (χ0v) is 11.6. The molecule has 1 aliphatic carbocycles. The smallest absolute Gasteiger partial charge is 0.416 e. The van der Waals surface area contributed by atoms with Crippen LogP contribution in [0.5, 0.6) is 0 Å². The van der Waals surface area contributed by atoms with Gasteiger partial charge in [-0.1, -0.05) is 12.1 Å².